The Morgan fingerprint density at radius 3 is 2.69 bits per heavy atom. The number of aromatic nitrogens is 1. The van der Waals surface area contributed by atoms with Crippen LogP contribution in [0.5, 0.6) is 0 Å². The first kappa shape index (κ1) is 11.0. The van der Waals surface area contributed by atoms with Gasteiger partial charge in [0.1, 0.15) is 17.0 Å². The van der Waals surface area contributed by atoms with E-state index in [1.165, 1.54) is 0 Å². The van der Waals surface area contributed by atoms with Crippen LogP contribution in [0, 0.1) is 15.9 Å². The van der Waals surface area contributed by atoms with Crippen LogP contribution < -0.4 is 0 Å². The zero-order chi connectivity index (χ0) is 11.9. The minimum absolute atomic E-state index is 0.00352. The van der Waals surface area contributed by atoms with Gasteiger partial charge in [-0.2, -0.15) is 0 Å². The summed E-state index contributed by atoms with van der Waals surface area (Å²) >= 11 is 11.6. The van der Waals surface area contributed by atoms with Crippen molar-refractivity contribution in [2.45, 2.75) is 0 Å². The molecule has 0 bridgehead atoms. The highest BCUT2D eigenvalue weighted by Gasteiger charge is 2.18. The van der Waals surface area contributed by atoms with Crippen molar-refractivity contribution in [3.63, 3.8) is 0 Å². The molecule has 0 amide bonds. The Bertz CT molecular complexity index is 604. The second kappa shape index (κ2) is 3.84. The summed E-state index contributed by atoms with van der Waals surface area (Å²) in [6, 6.07) is 2.14. The highest BCUT2D eigenvalue weighted by atomic mass is 35.5. The van der Waals surface area contributed by atoms with Crippen molar-refractivity contribution in [2.75, 3.05) is 0 Å². The summed E-state index contributed by atoms with van der Waals surface area (Å²) in [6.07, 6.45) is 0.973. The van der Waals surface area contributed by atoms with E-state index in [9.17, 15) is 14.5 Å². The number of pyridine rings is 1. The van der Waals surface area contributed by atoms with E-state index in [0.29, 0.717) is 0 Å². The molecule has 7 heteroatoms. The lowest BCUT2D eigenvalue weighted by atomic mass is 10.2. The van der Waals surface area contributed by atoms with Crippen LogP contribution in [0.25, 0.3) is 10.9 Å². The molecule has 82 valence electrons. The number of nitro groups is 1. The maximum absolute atomic E-state index is 13.0. The van der Waals surface area contributed by atoms with Crippen LogP contribution in [0.3, 0.4) is 0 Å². The SMILES string of the molecule is O=[N+]([O-])c1cnc2cc(F)cc(Cl)c2c1Cl. The lowest BCUT2D eigenvalue weighted by molar-refractivity contribution is -0.384. The van der Waals surface area contributed by atoms with Crippen LogP contribution in [-0.2, 0) is 0 Å². The van der Waals surface area contributed by atoms with Gasteiger partial charge >= 0.3 is 5.69 Å². The largest absolute Gasteiger partial charge is 0.306 e. The molecule has 0 radical (unpaired) electrons. The first-order chi connectivity index (χ1) is 7.50. The van der Waals surface area contributed by atoms with Crippen molar-refractivity contribution in [1.82, 2.24) is 4.98 Å². The Morgan fingerprint density at radius 1 is 1.38 bits per heavy atom. The maximum Gasteiger partial charge on any atom is 0.306 e. The minimum atomic E-state index is -0.672. The zero-order valence-electron chi connectivity index (χ0n) is 7.58. The van der Waals surface area contributed by atoms with E-state index in [-0.39, 0.29) is 26.6 Å². The molecule has 0 saturated heterocycles. The molecule has 0 fully saturated rings. The van der Waals surface area contributed by atoms with Gasteiger partial charge in [-0.25, -0.2) is 9.37 Å². The molecule has 0 aliphatic carbocycles. The van der Waals surface area contributed by atoms with Crippen molar-refractivity contribution in [3.05, 3.63) is 44.3 Å². The van der Waals surface area contributed by atoms with Gasteiger partial charge in [-0.15, -0.1) is 0 Å². The van der Waals surface area contributed by atoms with Gasteiger partial charge in [0.05, 0.1) is 15.5 Å². The maximum atomic E-state index is 13.0. The van der Waals surface area contributed by atoms with Crippen molar-refractivity contribution in [3.8, 4) is 0 Å². The lowest BCUT2D eigenvalue weighted by Gasteiger charge is -2.03. The van der Waals surface area contributed by atoms with Crippen LogP contribution in [-0.4, -0.2) is 9.91 Å². The molecule has 0 atom stereocenters. The van der Waals surface area contributed by atoms with Crippen molar-refractivity contribution in [2.24, 2.45) is 0 Å². The molecular weight excluding hydrogens is 258 g/mol. The quantitative estimate of drug-likeness (QED) is 0.582. The Hall–Kier alpha value is -1.46. The number of fused-ring (bicyclic) bond motifs is 1. The second-order valence-electron chi connectivity index (χ2n) is 3.00. The molecule has 0 aliphatic heterocycles. The third-order valence-electron chi connectivity index (χ3n) is 2.00. The lowest BCUT2D eigenvalue weighted by Crippen LogP contribution is -1.93. The van der Waals surface area contributed by atoms with E-state index in [1.54, 1.807) is 0 Å². The molecule has 1 heterocycles. The van der Waals surface area contributed by atoms with Gasteiger partial charge < -0.3 is 0 Å². The standard InChI is InChI=1S/C9H3Cl2FN2O2/c10-5-1-4(12)2-6-8(5)9(11)7(3-13-6)14(15)16/h1-3H. The topological polar surface area (TPSA) is 56.0 Å². The van der Waals surface area contributed by atoms with Crippen LogP contribution in [0.15, 0.2) is 18.3 Å². The van der Waals surface area contributed by atoms with Crippen LogP contribution >= 0.6 is 23.2 Å². The van der Waals surface area contributed by atoms with Crippen molar-refractivity contribution >= 4 is 39.8 Å². The average molecular weight is 261 g/mol. The van der Waals surface area contributed by atoms with E-state index in [2.05, 4.69) is 4.98 Å². The van der Waals surface area contributed by atoms with Crippen LogP contribution in [0.2, 0.25) is 10.0 Å². The van der Waals surface area contributed by atoms with Gasteiger partial charge in [0, 0.05) is 11.5 Å². The van der Waals surface area contributed by atoms with E-state index in [4.69, 9.17) is 23.2 Å². The molecule has 16 heavy (non-hydrogen) atoms. The Labute approximate surface area is 98.8 Å². The monoisotopic (exact) mass is 260 g/mol. The van der Waals surface area contributed by atoms with E-state index >= 15 is 0 Å². The first-order valence-electron chi connectivity index (χ1n) is 4.08. The summed E-state index contributed by atoms with van der Waals surface area (Å²) in [6.45, 7) is 0. The molecule has 0 N–H and O–H groups in total. The summed E-state index contributed by atoms with van der Waals surface area (Å²) < 4.78 is 13.0. The minimum Gasteiger partial charge on any atom is -0.258 e. The summed E-state index contributed by atoms with van der Waals surface area (Å²) in [5.41, 5.74) is -0.178. The second-order valence-corrected chi connectivity index (χ2v) is 3.78. The fourth-order valence-corrected chi connectivity index (χ4v) is 1.98. The summed E-state index contributed by atoms with van der Waals surface area (Å²) in [4.78, 5) is 13.7. The molecule has 0 spiro atoms. The van der Waals surface area contributed by atoms with Crippen molar-refractivity contribution < 1.29 is 9.31 Å². The third kappa shape index (κ3) is 1.68. The summed E-state index contributed by atoms with van der Waals surface area (Å²) in [7, 11) is 0. The Kier molecular flexibility index (Phi) is 2.65. The summed E-state index contributed by atoms with van der Waals surface area (Å²) in [5, 5.41) is 10.6. The molecule has 2 aromatic rings. The normalized spacial score (nSPS) is 10.7. The molecule has 4 nitrogen and oxygen atoms in total. The van der Waals surface area contributed by atoms with E-state index in [1.807, 2.05) is 0 Å². The number of halogens is 3. The summed E-state index contributed by atoms with van der Waals surface area (Å²) in [5.74, 6) is -0.574. The predicted molar refractivity (Wildman–Crippen MR) is 58.4 cm³/mol. The molecule has 1 aromatic heterocycles. The van der Waals surface area contributed by atoms with Crippen LogP contribution in [0.1, 0.15) is 0 Å². The van der Waals surface area contributed by atoms with Gasteiger partial charge in [-0.1, -0.05) is 23.2 Å². The molecular formula is C9H3Cl2FN2O2. The fourth-order valence-electron chi connectivity index (χ4n) is 1.32. The van der Waals surface area contributed by atoms with Crippen molar-refractivity contribution in [1.29, 1.82) is 0 Å². The number of rotatable bonds is 1. The molecule has 0 unspecified atom stereocenters. The number of benzene rings is 1. The highest BCUT2D eigenvalue weighted by molar-refractivity contribution is 6.43. The zero-order valence-corrected chi connectivity index (χ0v) is 9.09. The number of nitrogens with zero attached hydrogens (tertiary/aromatic N) is 2. The van der Waals surface area contributed by atoms with Gasteiger partial charge in [-0.05, 0) is 6.07 Å². The number of hydrogen-bond donors (Lipinski definition) is 0. The van der Waals surface area contributed by atoms with Gasteiger partial charge in [0.25, 0.3) is 0 Å². The molecule has 2 rings (SSSR count). The molecule has 0 saturated carbocycles. The average Bonchev–Trinajstić information content (AvgIpc) is 2.15. The Balaban J connectivity index is 2.89. The van der Waals surface area contributed by atoms with Gasteiger partial charge in [0.2, 0.25) is 0 Å². The van der Waals surface area contributed by atoms with E-state index < -0.39 is 10.7 Å². The molecule has 1 aromatic carbocycles. The van der Waals surface area contributed by atoms with Crippen LogP contribution in [0.4, 0.5) is 10.1 Å². The number of hydrogen-bond acceptors (Lipinski definition) is 3. The van der Waals surface area contributed by atoms with E-state index in [0.717, 1.165) is 18.3 Å². The highest BCUT2D eigenvalue weighted by Crippen LogP contribution is 2.35. The first-order valence-corrected chi connectivity index (χ1v) is 4.84. The smallest absolute Gasteiger partial charge is 0.258 e. The Morgan fingerprint density at radius 2 is 2.06 bits per heavy atom. The third-order valence-corrected chi connectivity index (χ3v) is 2.68. The predicted octanol–water partition coefficient (Wildman–Crippen LogP) is 3.59. The van der Waals surface area contributed by atoms with Gasteiger partial charge in [0.15, 0.2) is 0 Å². The fraction of sp³-hybridized carbons (Fsp3) is 0. The van der Waals surface area contributed by atoms with Gasteiger partial charge in [-0.3, -0.25) is 10.1 Å². The molecule has 0 aliphatic rings.